The van der Waals surface area contributed by atoms with E-state index in [4.69, 9.17) is 0 Å². The van der Waals surface area contributed by atoms with Crippen molar-refractivity contribution in [3.63, 3.8) is 0 Å². The van der Waals surface area contributed by atoms with Crippen LogP contribution < -0.4 is 5.32 Å². The van der Waals surface area contributed by atoms with Crippen molar-refractivity contribution < 1.29 is 17.9 Å². The smallest absolute Gasteiger partial charge is 0.372 e. The molecule has 0 aromatic heterocycles. The van der Waals surface area contributed by atoms with Crippen molar-refractivity contribution in [1.29, 1.82) is 0 Å². The number of halogens is 3. The van der Waals surface area contributed by atoms with Gasteiger partial charge in [-0.15, -0.1) is 0 Å². The van der Waals surface area contributed by atoms with E-state index in [9.17, 15) is 13.2 Å². The summed E-state index contributed by atoms with van der Waals surface area (Å²) in [6.45, 7) is 4.27. The first-order valence-electron chi connectivity index (χ1n) is 6.16. The first-order chi connectivity index (χ1) is 7.79. The highest BCUT2D eigenvalue weighted by molar-refractivity contribution is 4.86. The SMILES string of the molecule is CC1(C)CCC(NCCCOCC(F)(F)F)C1. The molecule has 1 saturated carbocycles. The number of rotatable bonds is 6. The first-order valence-corrected chi connectivity index (χ1v) is 6.16. The van der Waals surface area contributed by atoms with E-state index < -0.39 is 12.8 Å². The lowest BCUT2D eigenvalue weighted by Gasteiger charge is -2.17. The summed E-state index contributed by atoms with van der Waals surface area (Å²) >= 11 is 0. The Morgan fingerprint density at radius 1 is 1.35 bits per heavy atom. The number of ether oxygens (including phenoxy) is 1. The molecule has 1 unspecified atom stereocenters. The molecule has 0 bridgehead atoms. The van der Waals surface area contributed by atoms with Gasteiger partial charge in [0.2, 0.25) is 0 Å². The summed E-state index contributed by atoms with van der Waals surface area (Å²) in [5.74, 6) is 0. The molecule has 1 fully saturated rings. The minimum absolute atomic E-state index is 0.169. The lowest BCUT2D eigenvalue weighted by atomic mass is 9.92. The average Bonchev–Trinajstić information content (AvgIpc) is 2.50. The topological polar surface area (TPSA) is 21.3 Å². The number of nitrogens with one attached hydrogen (secondary N) is 1. The second-order valence-corrected chi connectivity index (χ2v) is 5.58. The van der Waals surface area contributed by atoms with Crippen LogP contribution >= 0.6 is 0 Å². The standard InChI is InChI=1S/C12H22F3NO/c1-11(2)5-4-10(8-11)16-6-3-7-17-9-12(13,14)15/h10,16H,3-9H2,1-2H3. The van der Waals surface area contributed by atoms with E-state index in [2.05, 4.69) is 23.9 Å². The molecule has 1 aliphatic rings. The molecule has 0 aliphatic heterocycles. The molecule has 17 heavy (non-hydrogen) atoms. The summed E-state index contributed by atoms with van der Waals surface area (Å²) in [6.07, 6.45) is -0.0437. The second-order valence-electron chi connectivity index (χ2n) is 5.58. The van der Waals surface area contributed by atoms with Gasteiger partial charge < -0.3 is 10.1 Å². The Balaban J connectivity index is 1.95. The zero-order chi connectivity index (χ0) is 12.9. The fraction of sp³-hybridized carbons (Fsp3) is 1.00. The fourth-order valence-corrected chi connectivity index (χ4v) is 2.28. The van der Waals surface area contributed by atoms with Crippen molar-refractivity contribution in [2.45, 2.75) is 51.7 Å². The van der Waals surface area contributed by atoms with Gasteiger partial charge in [-0.3, -0.25) is 0 Å². The van der Waals surface area contributed by atoms with E-state index in [0.717, 1.165) is 19.4 Å². The molecule has 102 valence electrons. The number of alkyl halides is 3. The molecule has 0 radical (unpaired) electrons. The Labute approximate surface area is 101 Å². The van der Waals surface area contributed by atoms with Crippen LogP contribution in [0.4, 0.5) is 13.2 Å². The minimum atomic E-state index is -4.21. The van der Waals surface area contributed by atoms with E-state index in [1.165, 1.54) is 6.42 Å². The molecule has 0 aromatic rings. The molecule has 1 atom stereocenters. The van der Waals surface area contributed by atoms with Crippen molar-refractivity contribution in [1.82, 2.24) is 5.32 Å². The van der Waals surface area contributed by atoms with Crippen molar-refractivity contribution in [3.05, 3.63) is 0 Å². The Morgan fingerprint density at radius 2 is 2.06 bits per heavy atom. The molecular formula is C12H22F3NO. The van der Waals surface area contributed by atoms with E-state index in [1.807, 2.05) is 0 Å². The maximum atomic E-state index is 11.8. The summed E-state index contributed by atoms with van der Waals surface area (Å²) in [7, 11) is 0. The van der Waals surface area contributed by atoms with E-state index in [1.54, 1.807) is 0 Å². The molecule has 0 aromatic carbocycles. The molecule has 1 N–H and O–H groups in total. The quantitative estimate of drug-likeness (QED) is 0.734. The molecule has 1 rings (SSSR count). The number of hydrogen-bond donors (Lipinski definition) is 1. The lowest BCUT2D eigenvalue weighted by molar-refractivity contribution is -0.173. The van der Waals surface area contributed by atoms with Gasteiger partial charge in [0.05, 0.1) is 0 Å². The van der Waals surface area contributed by atoms with Gasteiger partial charge in [0.15, 0.2) is 0 Å². The zero-order valence-electron chi connectivity index (χ0n) is 10.6. The third kappa shape index (κ3) is 6.88. The Bertz CT molecular complexity index is 228. The van der Waals surface area contributed by atoms with Gasteiger partial charge in [0.25, 0.3) is 0 Å². The predicted molar refractivity (Wildman–Crippen MR) is 60.9 cm³/mol. The van der Waals surface area contributed by atoms with Crippen LogP contribution in [0.5, 0.6) is 0 Å². The Hall–Kier alpha value is -0.290. The lowest BCUT2D eigenvalue weighted by Crippen LogP contribution is -2.29. The summed E-state index contributed by atoms with van der Waals surface area (Å²) in [4.78, 5) is 0. The highest BCUT2D eigenvalue weighted by atomic mass is 19.4. The van der Waals surface area contributed by atoms with Crippen LogP contribution in [0.1, 0.15) is 39.5 Å². The van der Waals surface area contributed by atoms with E-state index >= 15 is 0 Å². The van der Waals surface area contributed by atoms with Crippen molar-refractivity contribution in [2.24, 2.45) is 5.41 Å². The van der Waals surface area contributed by atoms with E-state index in [-0.39, 0.29) is 6.61 Å². The largest absolute Gasteiger partial charge is 0.411 e. The van der Waals surface area contributed by atoms with Gasteiger partial charge >= 0.3 is 6.18 Å². The fourth-order valence-electron chi connectivity index (χ4n) is 2.28. The summed E-state index contributed by atoms with van der Waals surface area (Å²) in [5.41, 5.74) is 0.407. The average molecular weight is 253 g/mol. The normalized spacial score (nSPS) is 24.2. The highest BCUT2D eigenvalue weighted by Gasteiger charge is 2.30. The van der Waals surface area contributed by atoms with Crippen LogP contribution in [-0.2, 0) is 4.74 Å². The third-order valence-electron chi connectivity index (χ3n) is 3.13. The van der Waals surface area contributed by atoms with Gasteiger partial charge in [0, 0.05) is 12.6 Å². The first kappa shape index (κ1) is 14.8. The molecule has 1 aliphatic carbocycles. The van der Waals surface area contributed by atoms with E-state index in [0.29, 0.717) is 17.9 Å². The monoisotopic (exact) mass is 253 g/mol. The zero-order valence-corrected chi connectivity index (χ0v) is 10.6. The maximum absolute atomic E-state index is 11.8. The Kier molecular flexibility index (Phi) is 5.25. The van der Waals surface area contributed by atoms with Gasteiger partial charge in [0.1, 0.15) is 6.61 Å². The molecule has 2 nitrogen and oxygen atoms in total. The summed E-state index contributed by atoms with van der Waals surface area (Å²) in [6, 6.07) is 0.521. The van der Waals surface area contributed by atoms with Crippen molar-refractivity contribution in [2.75, 3.05) is 19.8 Å². The van der Waals surface area contributed by atoms with Crippen LogP contribution in [0.15, 0.2) is 0 Å². The maximum Gasteiger partial charge on any atom is 0.411 e. The minimum Gasteiger partial charge on any atom is -0.372 e. The van der Waals surface area contributed by atoms with Crippen LogP contribution in [0.3, 0.4) is 0 Å². The third-order valence-corrected chi connectivity index (χ3v) is 3.13. The van der Waals surface area contributed by atoms with Crippen LogP contribution in [0.2, 0.25) is 0 Å². The summed E-state index contributed by atoms with van der Waals surface area (Å²) < 4.78 is 39.8. The summed E-state index contributed by atoms with van der Waals surface area (Å²) in [5, 5.41) is 3.37. The van der Waals surface area contributed by atoms with Gasteiger partial charge in [-0.1, -0.05) is 13.8 Å². The molecule has 0 heterocycles. The van der Waals surface area contributed by atoms with Gasteiger partial charge in [-0.05, 0) is 37.6 Å². The molecule has 0 amide bonds. The van der Waals surface area contributed by atoms with Crippen LogP contribution in [-0.4, -0.2) is 32.0 Å². The van der Waals surface area contributed by atoms with Crippen molar-refractivity contribution >= 4 is 0 Å². The Morgan fingerprint density at radius 3 is 2.59 bits per heavy atom. The molecular weight excluding hydrogens is 231 g/mol. The van der Waals surface area contributed by atoms with Gasteiger partial charge in [-0.2, -0.15) is 13.2 Å². The highest BCUT2D eigenvalue weighted by Crippen LogP contribution is 2.36. The van der Waals surface area contributed by atoms with Gasteiger partial charge in [-0.25, -0.2) is 0 Å². The molecule has 0 saturated heterocycles. The predicted octanol–water partition coefficient (Wildman–Crippen LogP) is 3.12. The molecule has 0 spiro atoms. The van der Waals surface area contributed by atoms with Crippen molar-refractivity contribution in [3.8, 4) is 0 Å². The second kappa shape index (κ2) is 6.05. The molecule has 5 heteroatoms. The van der Waals surface area contributed by atoms with Crippen LogP contribution in [0, 0.1) is 5.41 Å². The number of hydrogen-bond acceptors (Lipinski definition) is 2. The van der Waals surface area contributed by atoms with Crippen LogP contribution in [0.25, 0.3) is 0 Å².